The van der Waals surface area contributed by atoms with E-state index >= 15 is 0 Å². The second-order valence-electron chi connectivity index (χ2n) is 6.68. The van der Waals surface area contributed by atoms with Gasteiger partial charge in [-0.05, 0) is 48.9 Å². The lowest BCUT2D eigenvalue weighted by molar-refractivity contribution is -0.133. The first kappa shape index (κ1) is 16.8. The molecule has 5 heteroatoms. The topological polar surface area (TPSA) is 66.4 Å². The lowest BCUT2D eigenvalue weighted by Gasteiger charge is -2.28. The van der Waals surface area contributed by atoms with Crippen LogP contribution >= 0.6 is 11.6 Å². The van der Waals surface area contributed by atoms with Crippen molar-refractivity contribution in [3.05, 3.63) is 51.6 Å². The molecular formula is C19H20ClNO3. The molecule has 0 saturated heterocycles. The third-order valence-corrected chi connectivity index (χ3v) is 5.46. The van der Waals surface area contributed by atoms with Crippen molar-refractivity contribution in [2.75, 3.05) is 5.32 Å². The van der Waals surface area contributed by atoms with Gasteiger partial charge in [0.05, 0.1) is 5.57 Å². The third kappa shape index (κ3) is 2.75. The van der Waals surface area contributed by atoms with Crippen LogP contribution < -0.4 is 5.32 Å². The van der Waals surface area contributed by atoms with Gasteiger partial charge in [0.15, 0.2) is 0 Å². The summed E-state index contributed by atoms with van der Waals surface area (Å²) in [5.74, 6) is -1.76. The van der Waals surface area contributed by atoms with Crippen molar-refractivity contribution in [3.8, 4) is 0 Å². The minimum Gasteiger partial charge on any atom is -0.478 e. The zero-order chi connectivity index (χ0) is 17.6. The first-order chi connectivity index (χ1) is 11.3. The minimum absolute atomic E-state index is 0.0579. The largest absolute Gasteiger partial charge is 0.478 e. The quantitative estimate of drug-likeness (QED) is 0.754. The Hall–Kier alpha value is -2.07. The predicted octanol–water partition coefficient (Wildman–Crippen LogP) is 4.06. The van der Waals surface area contributed by atoms with Crippen LogP contribution in [0.1, 0.15) is 26.3 Å². The molecule has 0 fully saturated rings. The summed E-state index contributed by atoms with van der Waals surface area (Å²) in [6.45, 7) is 5.71. The van der Waals surface area contributed by atoms with Crippen LogP contribution in [0, 0.1) is 17.8 Å². The van der Waals surface area contributed by atoms with Gasteiger partial charge in [0.25, 0.3) is 5.91 Å². The van der Waals surface area contributed by atoms with Gasteiger partial charge in [-0.15, -0.1) is 0 Å². The van der Waals surface area contributed by atoms with Gasteiger partial charge >= 0.3 is 5.97 Å². The van der Waals surface area contributed by atoms with Gasteiger partial charge in [-0.3, -0.25) is 4.79 Å². The average Bonchev–Trinajstić information content (AvgIpc) is 2.60. The van der Waals surface area contributed by atoms with Gasteiger partial charge in [0.1, 0.15) is 0 Å². The first-order valence-corrected chi connectivity index (χ1v) is 8.42. The van der Waals surface area contributed by atoms with E-state index in [-0.39, 0.29) is 29.2 Å². The van der Waals surface area contributed by atoms with E-state index in [2.05, 4.69) is 11.4 Å². The number of amides is 1. The smallest absolute Gasteiger partial charge is 0.332 e. The number of hydrogen-bond donors (Lipinski definition) is 2. The van der Waals surface area contributed by atoms with Crippen molar-refractivity contribution in [1.29, 1.82) is 0 Å². The lowest BCUT2D eigenvalue weighted by Crippen LogP contribution is -2.30. The highest BCUT2D eigenvalue weighted by atomic mass is 35.5. The van der Waals surface area contributed by atoms with Gasteiger partial charge in [0, 0.05) is 22.2 Å². The van der Waals surface area contributed by atoms with E-state index in [0.29, 0.717) is 22.7 Å². The number of carboxylic acids is 1. The number of allylic oxidation sites excluding steroid dienone is 2. The number of halogens is 1. The molecule has 0 radical (unpaired) electrons. The van der Waals surface area contributed by atoms with Gasteiger partial charge < -0.3 is 10.4 Å². The number of carboxylic acid groups (broad SMARTS) is 1. The van der Waals surface area contributed by atoms with Crippen molar-refractivity contribution >= 4 is 29.2 Å². The van der Waals surface area contributed by atoms with Crippen LogP contribution in [0.3, 0.4) is 0 Å². The van der Waals surface area contributed by atoms with E-state index in [1.807, 2.05) is 26.8 Å². The van der Waals surface area contributed by atoms with Crippen LogP contribution in [0.4, 0.5) is 5.69 Å². The van der Waals surface area contributed by atoms with Crippen LogP contribution in [0.15, 0.2) is 41.0 Å². The molecule has 1 heterocycles. The molecule has 0 aromatic heterocycles. The van der Waals surface area contributed by atoms with E-state index in [9.17, 15) is 14.7 Å². The summed E-state index contributed by atoms with van der Waals surface area (Å²) in [7, 11) is 0. The molecule has 2 bridgehead atoms. The Balaban J connectivity index is 2.25. The molecule has 24 heavy (non-hydrogen) atoms. The van der Waals surface area contributed by atoms with E-state index < -0.39 is 5.97 Å². The molecule has 3 unspecified atom stereocenters. The monoisotopic (exact) mass is 345 g/mol. The number of nitrogens with one attached hydrogen (secondary N) is 1. The van der Waals surface area contributed by atoms with Crippen LogP contribution in [0.2, 0.25) is 5.02 Å². The Bertz CT molecular complexity index is 794. The molecule has 2 N–H and O–H groups in total. The molecular weight excluding hydrogens is 326 g/mol. The molecule has 1 aromatic carbocycles. The summed E-state index contributed by atoms with van der Waals surface area (Å²) in [6.07, 6.45) is 2.83. The van der Waals surface area contributed by atoms with Gasteiger partial charge in [-0.1, -0.05) is 37.1 Å². The highest BCUT2D eigenvalue weighted by Crippen LogP contribution is 2.40. The Kier molecular flexibility index (Phi) is 4.26. The minimum atomic E-state index is -1.02. The average molecular weight is 346 g/mol. The molecule has 0 spiro atoms. The molecule has 3 rings (SSSR count). The van der Waals surface area contributed by atoms with E-state index in [0.717, 1.165) is 11.1 Å². The Morgan fingerprint density at radius 3 is 2.71 bits per heavy atom. The van der Waals surface area contributed by atoms with Gasteiger partial charge in [0.2, 0.25) is 0 Å². The highest BCUT2D eigenvalue weighted by Gasteiger charge is 2.37. The summed E-state index contributed by atoms with van der Waals surface area (Å²) >= 11 is 6.11. The fourth-order valence-corrected chi connectivity index (χ4v) is 3.90. The fraction of sp³-hybridized carbons (Fsp3) is 0.368. The Labute approximate surface area is 146 Å². The standard InChI is InChI=1S/C19H20ClNO3/c1-9-6-12-7-13-8-14(20)4-5-15(13)21-18(22)16(11(12)3)17(10(9)2)19(23)24/h4-6,8,10-12H,7H2,1-3H3,(H,21,22)(H,23,24). The first-order valence-electron chi connectivity index (χ1n) is 8.05. The third-order valence-electron chi connectivity index (χ3n) is 5.23. The molecule has 1 amide bonds. The van der Waals surface area contributed by atoms with Gasteiger partial charge in [-0.2, -0.15) is 0 Å². The lowest BCUT2D eigenvalue weighted by atomic mass is 9.80. The Morgan fingerprint density at radius 1 is 1.33 bits per heavy atom. The molecule has 4 nitrogen and oxygen atoms in total. The number of hydrogen-bond acceptors (Lipinski definition) is 2. The van der Waals surface area contributed by atoms with Crippen LogP contribution in [-0.2, 0) is 16.0 Å². The normalized spacial score (nSPS) is 26.6. The van der Waals surface area contributed by atoms with Crippen molar-refractivity contribution < 1.29 is 14.7 Å². The molecule has 1 aliphatic heterocycles. The predicted molar refractivity (Wildman–Crippen MR) is 94.0 cm³/mol. The zero-order valence-electron chi connectivity index (χ0n) is 13.9. The van der Waals surface area contributed by atoms with Crippen LogP contribution in [-0.4, -0.2) is 17.0 Å². The van der Waals surface area contributed by atoms with Crippen LogP contribution in [0.5, 0.6) is 0 Å². The molecule has 3 atom stereocenters. The fourth-order valence-electron chi connectivity index (χ4n) is 3.71. The molecule has 2 aliphatic rings. The summed E-state index contributed by atoms with van der Waals surface area (Å²) < 4.78 is 0. The summed E-state index contributed by atoms with van der Waals surface area (Å²) in [6, 6.07) is 5.37. The maximum absolute atomic E-state index is 12.9. The summed E-state index contributed by atoms with van der Waals surface area (Å²) in [4.78, 5) is 24.7. The molecule has 126 valence electrons. The molecule has 0 saturated carbocycles. The van der Waals surface area contributed by atoms with Crippen molar-refractivity contribution in [2.45, 2.75) is 27.2 Å². The van der Waals surface area contributed by atoms with Gasteiger partial charge in [-0.25, -0.2) is 4.79 Å². The second kappa shape index (κ2) is 6.10. The number of carbonyl (C=O) groups is 2. The number of carbonyl (C=O) groups excluding carboxylic acids is 1. The summed E-state index contributed by atoms with van der Waals surface area (Å²) in [5, 5.41) is 13.2. The zero-order valence-corrected chi connectivity index (χ0v) is 14.6. The van der Waals surface area contributed by atoms with Crippen LogP contribution in [0.25, 0.3) is 0 Å². The van der Waals surface area contributed by atoms with Crippen molar-refractivity contribution in [1.82, 2.24) is 0 Å². The Morgan fingerprint density at radius 2 is 2.04 bits per heavy atom. The highest BCUT2D eigenvalue weighted by molar-refractivity contribution is 6.30. The van der Waals surface area contributed by atoms with E-state index in [4.69, 9.17) is 11.6 Å². The SMILES string of the molecule is CC1=CC2Cc3cc(Cl)ccc3NC(=O)C(=C(C(=O)O)C1C)C2C. The maximum atomic E-state index is 12.9. The number of anilines is 1. The van der Waals surface area contributed by atoms with E-state index in [1.54, 1.807) is 12.1 Å². The number of benzene rings is 1. The summed E-state index contributed by atoms with van der Waals surface area (Å²) in [5.41, 5.74) is 3.24. The van der Waals surface area contributed by atoms with Crippen molar-refractivity contribution in [2.24, 2.45) is 17.8 Å². The molecule has 1 aliphatic carbocycles. The number of aliphatic carboxylic acids is 1. The second-order valence-corrected chi connectivity index (χ2v) is 7.11. The molecule has 1 aromatic rings. The van der Waals surface area contributed by atoms with Crippen molar-refractivity contribution in [3.63, 3.8) is 0 Å². The van der Waals surface area contributed by atoms with E-state index in [1.165, 1.54) is 0 Å². The number of rotatable bonds is 1. The number of fused-ring (bicyclic) bond motifs is 3. The maximum Gasteiger partial charge on any atom is 0.332 e.